The Morgan fingerprint density at radius 3 is 1.69 bits per heavy atom. The zero-order valence-corrected chi connectivity index (χ0v) is 43.4. The van der Waals surface area contributed by atoms with Gasteiger partial charge in [-0.3, -0.25) is 0 Å². The minimum absolute atomic E-state index is 0.0872. The van der Waals surface area contributed by atoms with E-state index in [0.717, 1.165) is 24.2 Å². The van der Waals surface area contributed by atoms with E-state index in [1.807, 2.05) is 0 Å². The molecule has 5 unspecified atom stereocenters. The number of para-hydroxylation sites is 2. The summed E-state index contributed by atoms with van der Waals surface area (Å²) in [6.07, 6.45) is 11.3. The predicted molar refractivity (Wildman–Crippen MR) is 308 cm³/mol. The Labute approximate surface area is 428 Å². The number of benzene rings is 8. The fourth-order valence-corrected chi connectivity index (χ4v) is 12.4. The van der Waals surface area contributed by atoms with E-state index in [9.17, 15) is 0 Å². The Balaban J connectivity index is 0.845. The summed E-state index contributed by atoms with van der Waals surface area (Å²) in [4.78, 5) is 4.90. The molecule has 0 radical (unpaired) electrons. The van der Waals surface area contributed by atoms with E-state index in [2.05, 4.69) is 282 Å². The molecule has 2 aliphatic rings. The number of anilines is 5. The van der Waals surface area contributed by atoms with Crippen molar-refractivity contribution in [2.75, 3.05) is 9.80 Å². The highest BCUT2D eigenvalue weighted by atomic mass is 15.2. The van der Waals surface area contributed by atoms with Gasteiger partial charge in [0.1, 0.15) is 0 Å². The molecule has 0 bridgehead atoms. The number of allylic oxidation sites excluding steroid dienone is 2. The first-order chi connectivity index (χ1) is 34.9. The number of nitrogens with zero attached hydrogens (tertiary/aromatic N) is 3. The lowest BCUT2D eigenvalue weighted by Crippen LogP contribution is -2.40. The maximum atomic E-state index is 2.52. The number of aryl methyl sites for hydroxylation is 2. The SMILES string of the molecule is Cc1cccc(N(c2ccc(-c3ccc(N(c4cccc(C)c4)C4C=CC=CC4C)cc3)cc2)c2ccc(C(CC(C)C)C(C)CC3c4ccc(-n5c6ccccc6c6ccccc65)cc4C3(C)C)cc2)c1. The summed E-state index contributed by atoms with van der Waals surface area (Å²) in [6, 6.07) is 70.8. The molecule has 8 aromatic carbocycles. The number of hydrogen-bond donors (Lipinski definition) is 0. The van der Waals surface area contributed by atoms with E-state index < -0.39 is 0 Å². The highest BCUT2D eigenvalue weighted by Gasteiger charge is 2.45. The maximum absolute atomic E-state index is 2.52. The number of fused-ring (bicyclic) bond motifs is 4. The third kappa shape index (κ3) is 8.78. The molecule has 3 nitrogen and oxygen atoms in total. The first kappa shape index (κ1) is 47.0. The first-order valence-corrected chi connectivity index (χ1v) is 26.4. The summed E-state index contributed by atoms with van der Waals surface area (Å²) in [6.45, 7) is 18.9. The van der Waals surface area contributed by atoms with Crippen LogP contribution in [0.4, 0.5) is 28.4 Å². The smallest absolute Gasteiger partial charge is 0.0585 e. The highest BCUT2D eigenvalue weighted by Crippen LogP contribution is 2.56. The van der Waals surface area contributed by atoms with E-state index in [1.54, 1.807) is 0 Å². The highest BCUT2D eigenvalue weighted by molar-refractivity contribution is 6.09. The molecule has 3 heteroatoms. The van der Waals surface area contributed by atoms with E-state index in [4.69, 9.17) is 0 Å². The summed E-state index contributed by atoms with van der Waals surface area (Å²) in [7, 11) is 0. The zero-order chi connectivity index (χ0) is 49.7. The normalized spacial score (nSPS) is 17.7. The van der Waals surface area contributed by atoms with Gasteiger partial charge in [0.15, 0.2) is 0 Å². The van der Waals surface area contributed by atoms with E-state index in [1.165, 1.54) is 83.5 Å². The van der Waals surface area contributed by atoms with Crippen molar-refractivity contribution in [1.29, 1.82) is 0 Å². The lowest BCUT2D eigenvalue weighted by atomic mass is 9.55. The van der Waals surface area contributed by atoms with Gasteiger partial charge in [-0.25, -0.2) is 0 Å². The van der Waals surface area contributed by atoms with Gasteiger partial charge in [0.05, 0.1) is 17.1 Å². The molecule has 72 heavy (non-hydrogen) atoms. The zero-order valence-electron chi connectivity index (χ0n) is 43.4. The van der Waals surface area contributed by atoms with Gasteiger partial charge in [0.2, 0.25) is 0 Å². The molecule has 1 aromatic heterocycles. The van der Waals surface area contributed by atoms with Crippen LogP contribution in [0.3, 0.4) is 0 Å². The van der Waals surface area contributed by atoms with Gasteiger partial charge in [-0.1, -0.05) is 169 Å². The fourth-order valence-electron chi connectivity index (χ4n) is 12.4. The van der Waals surface area contributed by atoms with E-state index in [0.29, 0.717) is 29.6 Å². The standard InChI is InChI=1S/C69H69N3/c1-46(2)41-63(50(6)44-64-62-40-39-59(45-65(62)69(64,7)8)72-67-25-13-10-22-60(67)61-23-11-14-26-68(61)72)53-31-37-55(38-32-53)70(57-20-15-17-47(3)42-57)54-33-27-51(28-34-54)52-29-35-56(36-30-52)71(58-21-16-18-48(4)43-58)66-24-12-9-19-49(66)5/h9-40,42-43,45-46,49-50,63-64,66H,41,44H2,1-8H3. The predicted octanol–water partition coefficient (Wildman–Crippen LogP) is 19.0. The van der Waals surface area contributed by atoms with Crippen molar-refractivity contribution in [3.05, 3.63) is 240 Å². The van der Waals surface area contributed by atoms with Gasteiger partial charge < -0.3 is 14.4 Å². The second-order valence-corrected chi connectivity index (χ2v) is 22.1. The van der Waals surface area contributed by atoms with Crippen molar-refractivity contribution in [2.45, 2.75) is 91.5 Å². The van der Waals surface area contributed by atoms with Gasteiger partial charge in [-0.2, -0.15) is 0 Å². The van der Waals surface area contributed by atoms with Crippen LogP contribution in [0.25, 0.3) is 38.6 Å². The molecule has 2 aliphatic carbocycles. The molecule has 0 N–H and O–H groups in total. The molecular formula is C69H69N3. The number of rotatable bonds is 14. The van der Waals surface area contributed by atoms with Crippen molar-refractivity contribution < 1.29 is 0 Å². The summed E-state index contributed by atoms with van der Waals surface area (Å²) in [5.74, 6) is 2.46. The van der Waals surface area contributed by atoms with Gasteiger partial charge in [0.25, 0.3) is 0 Å². The van der Waals surface area contributed by atoms with Crippen molar-refractivity contribution in [3.63, 3.8) is 0 Å². The third-order valence-corrected chi connectivity index (χ3v) is 16.2. The summed E-state index contributed by atoms with van der Waals surface area (Å²) >= 11 is 0. The summed E-state index contributed by atoms with van der Waals surface area (Å²) in [5, 5.41) is 2.62. The molecule has 0 saturated heterocycles. The lowest BCUT2D eigenvalue weighted by molar-refractivity contribution is 0.260. The van der Waals surface area contributed by atoms with Crippen LogP contribution in [0.15, 0.2) is 212 Å². The fraction of sp³-hybridized carbons (Fsp3) is 0.246. The average Bonchev–Trinajstić information content (AvgIpc) is 3.73. The van der Waals surface area contributed by atoms with E-state index >= 15 is 0 Å². The molecule has 0 aliphatic heterocycles. The van der Waals surface area contributed by atoms with Crippen LogP contribution < -0.4 is 9.80 Å². The summed E-state index contributed by atoms with van der Waals surface area (Å²) < 4.78 is 2.46. The average molecular weight is 940 g/mol. The first-order valence-electron chi connectivity index (χ1n) is 26.4. The summed E-state index contributed by atoms with van der Waals surface area (Å²) in [5.41, 5.74) is 19.1. The molecule has 0 spiro atoms. The van der Waals surface area contributed by atoms with Gasteiger partial charge in [-0.05, 0) is 186 Å². The van der Waals surface area contributed by atoms with Crippen molar-refractivity contribution in [2.24, 2.45) is 17.8 Å². The Morgan fingerprint density at radius 2 is 1.10 bits per heavy atom. The Morgan fingerprint density at radius 1 is 0.542 bits per heavy atom. The molecular weight excluding hydrogens is 871 g/mol. The number of aromatic nitrogens is 1. The molecule has 1 heterocycles. The van der Waals surface area contributed by atoms with Crippen LogP contribution in [0, 0.1) is 31.6 Å². The monoisotopic (exact) mass is 940 g/mol. The Hall–Kier alpha value is -7.36. The largest absolute Gasteiger partial charge is 0.334 e. The topological polar surface area (TPSA) is 11.4 Å². The number of hydrogen-bond acceptors (Lipinski definition) is 2. The third-order valence-electron chi connectivity index (χ3n) is 16.2. The van der Waals surface area contributed by atoms with Crippen molar-refractivity contribution in [3.8, 4) is 16.8 Å². The van der Waals surface area contributed by atoms with Crippen LogP contribution in [0.2, 0.25) is 0 Å². The molecule has 11 rings (SSSR count). The van der Waals surface area contributed by atoms with Crippen LogP contribution in [-0.2, 0) is 5.41 Å². The van der Waals surface area contributed by atoms with Gasteiger partial charge >= 0.3 is 0 Å². The second kappa shape index (κ2) is 19.3. The van der Waals surface area contributed by atoms with Gasteiger partial charge in [0, 0.05) is 44.9 Å². The Kier molecular flexibility index (Phi) is 12.6. The molecule has 0 fully saturated rings. The van der Waals surface area contributed by atoms with Crippen molar-refractivity contribution in [1.82, 2.24) is 4.57 Å². The minimum Gasteiger partial charge on any atom is -0.334 e. The van der Waals surface area contributed by atoms with Crippen LogP contribution in [0.1, 0.15) is 94.0 Å². The second-order valence-electron chi connectivity index (χ2n) is 22.1. The van der Waals surface area contributed by atoms with Gasteiger partial charge in [-0.15, -0.1) is 0 Å². The molecule has 0 amide bonds. The van der Waals surface area contributed by atoms with Crippen LogP contribution in [0.5, 0.6) is 0 Å². The minimum atomic E-state index is 0.0872. The maximum Gasteiger partial charge on any atom is 0.0585 e. The molecule has 360 valence electrons. The van der Waals surface area contributed by atoms with E-state index in [-0.39, 0.29) is 11.5 Å². The molecule has 5 atom stereocenters. The quantitative estimate of drug-likeness (QED) is 0.108. The molecule has 0 saturated carbocycles. The van der Waals surface area contributed by atoms with Crippen LogP contribution in [-0.4, -0.2) is 10.6 Å². The Bertz CT molecular complexity index is 3390. The van der Waals surface area contributed by atoms with Crippen LogP contribution >= 0.6 is 0 Å². The molecule has 9 aromatic rings. The lowest BCUT2D eigenvalue weighted by Gasteiger charge is -2.49. The van der Waals surface area contributed by atoms with Crippen molar-refractivity contribution >= 4 is 50.2 Å².